The number of amides is 2. The zero-order valence-electron chi connectivity index (χ0n) is 10.7. The molecule has 5 nitrogen and oxygen atoms in total. The second kappa shape index (κ2) is 7.45. The minimum absolute atomic E-state index is 0.115. The Balaban J connectivity index is 2.37. The molecule has 0 radical (unpaired) electrons. The third-order valence-corrected chi connectivity index (χ3v) is 2.47. The highest BCUT2D eigenvalue weighted by molar-refractivity contribution is 5.92. The van der Waals surface area contributed by atoms with E-state index in [1.807, 2.05) is 24.3 Å². The first-order valence-corrected chi connectivity index (χ1v) is 5.95. The Morgan fingerprint density at radius 2 is 1.89 bits per heavy atom. The van der Waals surface area contributed by atoms with E-state index >= 15 is 0 Å². The second-order valence-corrected chi connectivity index (χ2v) is 3.88. The maximum atomic E-state index is 11.6. The summed E-state index contributed by atoms with van der Waals surface area (Å²) in [5.74, 6) is -0.303. The number of nitrogens with one attached hydrogen (secondary N) is 3. The van der Waals surface area contributed by atoms with Gasteiger partial charge in [-0.05, 0) is 24.1 Å². The molecule has 5 heteroatoms. The summed E-state index contributed by atoms with van der Waals surface area (Å²) < 4.78 is 0. The van der Waals surface area contributed by atoms with E-state index < -0.39 is 0 Å². The van der Waals surface area contributed by atoms with E-state index in [9.17, 15) is 9.59 Å². The maximum Gasteiger partial charge on any atom is 0.238 e. The molecule has 0 unspecified atom stereocenters. The Morgan fingerprint density at radius 1 is 1.17 bits per heavy atom. The number of hydrogen-bond donors (Lipinski definition) is 3. The molecular weight excluding hydrogens is 230 g/mol. The molecule has 98 valence electrons. The SMILES string of the molecule is CCc1cccc(NC(=O)CNCC(=O)NC)c1. The minimum Gasteiger partial charge on any atom is -0.358 e. The van der Waals surface area contributed by atoms with E-state index in [4.69, 9.17) is 0 Å². The van der Waals surface area contributed by atoms with E-state index in [1.165, 1.54) is 5.56 Å². The van der Waals surface area contributed by atoms with E-state index in [1.54, 1.807) is 7.05 Å². The predicted octanol–water partition coefficient (Wildman–Crippen LogP) is 0.523. The van der Waals surface area contributed by atoms with Crippen LogP contribution in [0.5, 0.6) is 0 Å². The first-order valence-electron chi connectivity index (χ1n) is 5.95. The number of benzene rings is 1. The molecule has 0 aliphatic heterocycles. The molecule has 0 spiro atoms. The summed E-state index contributed by atoms with van der Waals surface area (Å²) in [5, 5.41) is 8.01. The van der Waals surface area contributed by atoms with Crippen molar-refractivity contribution >= 4 is 17.5 Å². The van der Waals surface area contributed by atoms with Gasteiger partial charge in [-0.1, -0.05) is 19.1 Å². The molecule has 0 saturated heterocycles. The number of rotatable bonds is 6. The number of carbonyl (C=O) groups is 2. The normalized spacial score (nSPS) is 9.89. The first kappa shape index (κ1) is 14.2. The molecule has 0 saturated carbocycles. The summed E-state index contributed by atoms with van der Waals surface area (Å²) in [6.07, 6.45) is 0.929. The molecule has 0 aliphatic rings. The highest BCUT2D eigenvalue weighted by Gasteiger charge is 2.03. The number of carbonyl (C=O) groups excluding carboxylic acids is 2. The molecular formula is C13H19N3O2. The van der Waals surface area contributed by atoms with Crippen LogP contribution < -0.4 is 16.0 Å². The smallest absolute Gasteiger partial charge is 0.238 e. The third-order valence-electron chi connectivity index (χ3n) is 2.47. The van der Waals surface area contributed by atoms with Crippen LogP contribution in [0.25, 0.3) is 0 Å². The van der Waals surface area contributed by atoms with Gasteiger partial charge in [-0.15, -0.1) is 0 Å². The molecule has 2 amide bonds. The van der Waals surface area contributed by atoms with Crippen molar-refractivity contribution in [1.82, 2.24) is 10.6 Å². The van der Waals surface area contributed by atoms with Crippen LogP contribution in [-0.4, -0.2) is 32.0 Å². The number of anilines is 1. The Bertz CT molecular complexity index is 418. The lowest BCUT2D eigenvalue weighted by molar-refractivity contribution is -0.119. The fourth-order valence-electron chi connectivity index (χ4n) is 1.45. The molecule has 0 bridgehead atoms. The lowest BCUT2D eigenvalue weighted by atomic mass is 10.1. The molecule has 1 aromatic rings. The van der Waals surface area contributed by atoms with Gasteiger partial charge in [0.05, 0.1) is 13.1 Å². The van der Waals surface area contributed by atoms with Gasteiger partial charge in [0.2, 0.25) is 11.8 Å². The lowest BCUT2D eigenvalue weighted by Gasteiger charge is -2.07. The van der Waals surface area contributed by atoms with Crippen LogP contribution in [0.15, 0.2) is 24.3 Å². The lowest BCUT2D eigenvalue weighted by Crippen LogP contribution is -2.36. The summed E-state index contributed by atoms with van der Waals surface area (Å²) >= 11 is 0. The first-order chi connectivity index (χ1) is 8.65. The van der Waals surface area contributed by atoms with Gasteiger partial charge in [0, 0.05) is 12.7 Å². The fraction of sp³-hybridized carbons (Fsp3) is 0.385. The number of hydrogen-bond acceptors (Lipinski definition) is 3. The van der Waals surface area contributed by atoms with Crippen LogP contribution in [0.3, 0.4) is 0 Å². The average molecular weight is 249 g/mol. The third kappa shape index (κ3) is 4.97. The molecule has 3 N–H and O–H groups in total. The molecule has 0 atom stereocenters. The van der Waals surface area contributed by atoms with E-state index in [-0.39, 0.29) is 24.9 Å². The monoisotopic (exact) mass is 249 g/mol. The van der Waals surface area contributed by atoms with Gasteiger partial charge < -0.3 is 10.6 Å². The largest absolute Gasteiger partial charge is 0.358 e. The Morgan fingerprint density at radius 3 is 2.56 bits per heavy atom. The summed E-state index contributed by atoms with van der Waals surface area (Å²) in [6.45, 7) is 2.31. The number of likely N-dealkylation sites (N-methyl/N-ethyl adjacent to an activating group) is 1. The van der Waals surface area contributed by atoms with E-state index in [0.717, 1.165) is 12.1 Å². The van der Waals surface area contributed by atoms with Gasteiger partial charge in [-0.3, -0.25) is 14.9 Å². The van der Waals surface area contributed by atoms with Crippen LogP contribution in [0, 0.1) is 0 Å². The molecule has 0 fully saturated rings. The zero-order chi connectivity index (χ0) is 13.4. The average Bonchev–Trinajstić information content (AvgIpc) is 2.38. The van der Waals surface area contributed by atoms with Gasteiger partial charge in [0.1, 0.15) is 0 Å². The van der Waals surface area contributed by atoms with E-state index in [2.05, 4.69) is 22.9 Å². The molecule has 0 aromatic heterocycles. The highest BCUT2D eigenvalue weighted by atomic mass is 16.2. The maximum absolute atomic E-state index is 11.6. The summed E-state index contributed by atoms with van der Waals surface area (Å²) in [6, 6.07) is 7.71. The van der Waals surface area contributed by atoms with E-state index in [0.29, 0.717) is 0 Å². The van der Waals surface area contributed by atoms with Crippen molar-refractivity contribution in [2.45, 2.75) is 13.3 Å². The second-order valence-electron chi connectivity index (χ2n) is 3.88. The van der Waals surface area contributed by atoms with Crippen molar-refractivity contribution in [3.63, 3.8) is 0 Å². The highest BCUT2D eigenvalue weighted by Crippen LogP contribution is 2.10. The Kier molecular flexibility index (Phi) is 5.87. The topological polar surface area (TPSA) is 70.2 Å². The van der Waals surface area contributed by atoms with Crippen LogP contribution in [0.2, 0.25) is 0 Å². The quantitative estimate of drug-likeness (QED) is 0.688. The van der Waals surface area contributed by atoms with Gasteiger partial charge in [-0.25, -0.2) is 0 Å². The molecule has 0 aliphatic carbocycles. The number of aryl methyl sites for hydroxylation is 1. The summed E-state index contributed by atoms with van der Waals surface area (Å²) in [4.78, 5) is 22.5. The molecule has 1 rings (SSSR count). The molecule has 1 aromatic carbocycles. The Labute approximate surface area is 107 Å². The van der Waals surface area contributed by atoms with Crippen molar-refractivity contribution in [2.75, 3.05) is 25.5 Å². The Hall–Kier alpha value is -1.88. The van der Waals surface area contributed by atoms with Gasteiger partial charge in [0.15, 0.2) is 0 Å². The van der Waals surface area contributed by atoms with Crippen molar-refractivity contribution < 1.29 is 9.59 Å². The van der Waals surface area contributed by atoms with Crippen molar-refractivity contribution in [3.8, 4) is 0 Å². The molecule has 0 heterocycles. The summed E-state index contributed by atoms with van der Waals surface area (Å²) in [5.41, 5.74) is 1.95. The van der Waals surface area contributed by atoms with Crippen LogP contribution in [0.1, 0.15) is 12.5 Å². The van der Waals surface area contributed by atoms with Crippen LogP contribution in [-0.2, 0) is 16.0 Å². The van der Waals surface area contributed by atoms with Crippen LogP contribution >= 0.6 is 0 Å². The van der Waals surface area contributed by atoms with Crippen molar-refractivity contribution in [3.05, 3.63) is 29.8 Å². The van der Waals surface area contributed by atoms with Gasteiger partial charge >= 0.3 is 0 Å². The van der Waals surface area contributed by atoms with Gasteiger partial charge in [-0.2, -0.15) is 0 Å². The van der Waals surface area contributed by atoms with Crippen molar-refractivity contribution in [2.24, 2.45) is 0 Å². The minimum atomic E-state index is -0.160. The predicted molar refractivity (Wildman–Crippen MR) is 71.4 cm³/mol. The standard InChI is InChI=1S/C13H19N3O2/c1-3-10-5-4-6-11(7-10)16-13(18)9-15-8-12(17)14-2/h4-7,15H,3,8-9H2,1-2H3,(H,14,17)(H,16,18). The van der Waals surface area contributed by atoms with Crippen molar-refractivity contribution in [1.29, 1.82) is 0 Å². The fourth-order valence-corrected chi connectivity index (χ4v) is 1.45. The summed E-state index contributed by atoms with van der Waals surface area (Å²) in [7, 11) is 1.56. The molecule has 18 heavy (non-hydrogen) atoms. The van der Waals surface area contributed by atoms with Gasteiger partial charge in [0.25, 0.3) is 0 Å². The zero-order valence-corrected chi connectivity index (χ0v) is 10.7. The van der Waals surface area contributed by atoms with Crippen LogP contribution in [0.4, 0.5) is 5.69 Å².